The van der Waals surface area contributed by atoms with E-state index < -0.39 is 5.41 Å². The highest BCUT2D eigenvalue weighted by Crippen LogP contribution is 2.28. The number of aryl methyl sites for hydroxylation is 3. The number of benzene rings is 2. The van der Waals surface area contributed by atoms with Crippen LogP contribution in [0.15, 0.2) is 42.5 Å². The fraction of sp³-hybridized carbons (Fsp3) is 0.368. The summed E-state index contributed by atoms with van der Waals surface area (Å²) in [6.07, 6.45) is 0.755. The highest BCUT2D eigenvalue weighted by atomic mass is 16.3. The molecule has 3 N–H and O–H groups in total. The van der Waals surface area contributed by atoms with Crippen molar-refractivity contribution in [2.45, 2.75) is 32.6 Å². The zero-order chi connectivity index (χ0) is 15.5. The fourth-order valence-electron chi connectivity index (χ4n) is 2.78. The van der Waals surface area contributed by atoms with Crippen molar-refractivity contribution in [1.29, 1.82) is 0 Å². The highest BCUT2D eigenvalue weighted by molar-refractivity contribution is 5.36. The van der Waals surface area contributed by atoms with E-state index in [2.05, 4.69) is 57.2 Å². The van der Waals surface area contributed by atoms with Crippen LogP contribution in [0.1, 0.15) is 27.8 Å². The first kappa shape index (κ1) is 15.7. The van der Waals surface area contributed by atoms with Crippen LogP contribution < -0.4 is 5.73 Å². The molecule has 0 heterocycles. The van der Waals surface area contributed by atoms with Gasteiger partial charge in [0.05, 0.1) is 6.61 Å². The summed E-state index contributed by atoms with van der Waals surface area (Å²) in [5.74, 6) is 0. The molecule has 0 saturated carbocycles. The van der Waals surface area contributed by atoms with E-state index in [0.717, 1.165) is 12.0 Å². The van der Waals surface area contributed by atoms with Crippen molar-refractivity contribution in [3.63, 3.8) is 0 Å². The Bertz CT molecular complexity index is 615. The summed E-state index contributed by atoms with van der Waals surface area (Å²) in [5, 5.41) is 10.0. The molecule has 0 amide bonds. The molecule has 0 aliphatic heterocycles. The molecule has 0 aromatic heterocycles. The molecular weight excluding hydrogens is 258 g/mol. The van der Waals surface area contributed by atoms with Gasteiger partial charge in [-0.05, 0) is 49.4 Å². The molecule has 2 aromatic rings. The van der Waals surface area contributed by atoms with Crippen molar-refractivity contribution in [3.8, 4) is 0 Å². The van der Waals surface area contributed by atoms with Crippen molar-refractivity contribution >= 4 is 0 Å². The smallest absolute Gasteiger partial charge is 0.0543 e. The zero-order valence-corrected chi connectivity index (χ0v) is 13.2. The van der Waals surface area contributed by atoms with Gasteiger partial charge in [0.1, 0.15) is 0 Å². The van der Waals surface area contributed by atoms with Crippen LogP contribution in [-0.2, 0) is 11.8 Å². The van der Waals surface area contributed by atoms with Crippen LogP contribution in [0.3, 0.4) is 0 Å². The maximum Gasteiger partial charge on any atom is 0.0543 e. The standard InChI is InChI=1S/C19H25NO/c1-14-5-4-6-18(9-14)19(12-20,13-21)11-17-8-7-15(2)16(3)10-17/h4-10,21H,11-13,20H2,1-3H3. The van der Waals surface area contributed by atoms with Crippen molar-refractivity contribution in [3.05, 3.63) is 70.3 Å². The average Bonchev–Trinajstić information content (AvgIpc) is 2.48. The van der Waals surface area contributed by atoms with Gasteiger partial charge in [-0.25, -0.2) is 0 Å². The molecule has 0 bridgehead atoms. The summed E-state index contributed by atoms with van der Waals surface area (Å²) in [4.78, 5) is 0. The minimum Gasteiger partial charge on any atom is -0.395 e. The van der Waals surface area contributed by atoms with Crippen LogP contribution >= 0.6 is 0 Å². The molecule has 1 atom stereocenters. The lowest BCUT2D eigenvalue weighted by molar-refractivity contribution is 0.196. The summed E-state index contributed by atoms with van der Waals surface area (Å²) in [5.41, 5.74) is 11.7. The molecule has 0 saturated heterocycles. The van der Waals surface area contributed by atoms with Gasteiger partial charge in [-0.15, -0.1) is 0 Å². The Kier molecular flexibility index (Phi) is 4.81. The number of nitrogens with two attached hydrogens (primary N) is 1. The summed E-state index contributed by atoms with van der Waals surface area (Å²) >= 11 is 0. The zero-order valence-electron chi connectivity index (χ0n) is 13.2. The maximum absolute atomic E-state index is 10.0. The number of rotatable bonds is 5. The minimum atomic E-state index is -0.409. The first-order chi connectivity index (χ1) is 10.0. The second kappa shape index (κ2) is 6.42. The largest absolute Gasteiger partial charge is 0.395 e. The SMILES string of the molecule is Cc1cccc(C(CN)(CO)Cc2ccc(C)c(C)c2)c1. The van der Waals surface area contributed by atoms with E-state index in [1.54, 1.807) is 0 Å². The van der Waals surface area contributed by atoms with Gasteiger partial charge in [-0.3, -0.25) is 0 Å². The molecule has 0 aliphatic carbocycles. The summed E-state index contributed by atoms with van der Waals surface area (Å²) in [6, 6.07) is 14.8. The third kappa shape index (κ3) is 3.34. The van der Waals surface area contributed by atoms with E-state index in [9.17, 15) is 5.11 Å². The van der Waals surface area contributed by atoms with Crippen LogP contribution in [0, 0.1) is 20.8 Å². The van der Waals surface area contributed by atoms with Gasteiger partial charge in [-0.2, -0.15) is 0 Å². The Morgan fingerprint density at radius 2 is 1.76 bits per heavy atom. The van der Waals surface area contributed by atoms with E-state index in [1.807, 2.05) is 6.07 Å². The number of hydrogen-bond donors (Lipinski definition) is 2. The van der Waals surface area contributed by atoms with Gasteiger partial charge >= 0.3 is 0 Å². The molecular formula is C19H25NO. The topological polar surface area (TPSA) is 46.2 Å². The van der Waals surface area contributed by atoms with Crippen molar-refractivity contribution < 1.29 is 5.11 Å². The second-order valence-corrected chi connectivity index (χ2v) is 6.11. The van der Waals surface area contributed by atoms with Crippen LogP contribution in [0.5, 0.6) is 0 Å². The molecule has 2 heteroatoms. The van der Waals surface area contributed by atoms with E-state index in [0.29, 0.717) is 6.54 Å². The highest BCUT2D eigenvalue weighted by Gasteiger charge is 2.30. The third-order valence-corrected chi connectivity index (χ3v) is 4.44. The molecule has 0 spiro atoms. The number of hydrogen-bond acceptors (Lipinski definition) is 2. The Hall–Kier alpha value is -1.64. The predicted molar refractivity (Wildman–Crippen MR) is 88.6 cm³/mol. The molecule has 1 unspecified atom stereocenters. The molecule has 21 heavy (non-hydrogen) atoms. The second-order valence-electron chi connectivity index (χ2n) is 6.11. The van der Waals surface area contributed by atoms with E-state index in [4.69, 9.17) is 5.73 Å². The maximum atomic E-state index is 10.0. The minimum absolute atomic E-state index is 0.0554. The van der Waals surface area contributed by atoms with Crippen LogP contribution in [0.4, 0.5) is 0 Å². The molecule has 0 fully saturated rings. The van der Waals surface area contributed by atoms with Crippen molar-refractivity contribution in [2.75, 3.05) is 13.2 Å². The lowest BCUT2D eigenvalue weighted by atomic mass is 9.75. The summed E-state index contributed by atoms with van der Waals surface area (Å²) in [6.45, 7) is 6.79. The van der Waals surface area contributed by atoms with Gasteiger partial charge in [-0.1, -0.05) is 48.0 Å². The van der Waals surface area contributed by atoms with Crippen LogP contribution in [-0.4, -0.2) is 18.3 Å². The predicted octanol–water partition coefficient (Wildman–Crippen LogP) is 3.04. The van der Waals surface area contributed by atoms with Gasteiger partial charge < -0.3 is 10.8 Å². The normalized spacial score (nSPS) is 14.0. The Balaban J connectivity index is 2.40. The first-order valence-electron chi connectivity index (χ1n) is 7.45. The van der Waals surface area contributed by atoms with Gasteiger partial charge in [0, 0.05) is 12.0 Å². The van der Waals surface area contributed by atoms with Crippen molar-refractivity contribution in [1.82, 2.24) is 0 Å². The lowest BCUT2D eigenvalue weighted by Crippen LogP contribution is -2.41. The van der Waals surface area contributed by atoms with E-state index >= 15 is 0 Å². The molecule has 112 valence electrons. The van der Waals surface area contributed by atoms with E-state index in [-0.39, 0.29) is 6.61 Å². The molecule has 2 aromatic carbocycles. The number of aliphatic hydroxyl groups is 1. The van der Waals surface area contributed by atoms with Crippen LogP contribution in [0.25, 0.3) is 0 Å². The fourth-order valence-corrected chi connectivity index (χ4v) is 2.78. The van der Waals surface area contributed by atoms with E-state index in [1.165, 1.54) is 22.3 Å². The molecule has 2 nitrogen and oxygen atoms in total. The van der Waals surface area contributed by atoms with Gasteiger partial charge in [0.25, 0.3) is 0 Å². The Labute approximate surface area is 127 Å². The third-order valence-electron chi connectivity index (χ3n) is 4.44. The van der Waals surface area contributed by atoms with Crippen LogP contribution in [0.2, 0.25) is 0 Å². The molecule has 0 aliphatic rings. The molecule has 2 rings (SSSR count). The Morgan fingerprint density at radius 3 is 2.33 bits per heavy atom. The first-order valence-corrected chi connectivity index (χ1v) is 7.45. The quantitative estimate of drug-likeness (QED) is 0.886. The Morgan fingerprint density at radius 1 is 1.00 bits per heavy atom. The van der Waals surface area contributed by atoms with Crippen molar-refractivity contribution in [2.24, 2.45) is 5.73 Å². The molecule has 0 radical (unpaired) electrons. The van der Waals surface area contributed by atoms with Gasteiger partial charge in [0.2, 0.25) is 0 Å². The lowest BCUT2D eigenvalue weighted by Gasteiger charge is -2.32. The summed E-state index contributed by atoms with van der Waals surface area (Å²) < 4.78 is 0. The summed E-state index contributed by atoms with van der Waals surface area (Å²) in [7, 11) is 0. The number of aliphatic hydroxyl groups excluding tert-OH is 1. The van der Waals surface area contributed by atoms with Gasteiger partial charge in [0.15, 0.2) is 0 Å². The monoisotopic (exact) mass is 283 g/mol. The average molecular weight is 283 g/mol.